The van der Waals surface area contributed by atoms with Crippen molar-refractivity contribution in [3.05, 3.63) is 71.8 Å². The van der Waals surface area contributed by atoms with E-state index in [1.54, 1.807) is 0 Å². The van der Waals surface area contributed by atoms with Gasteiger partial charge in [0.15, 0.2) is 0 Å². The van der Waals surface area contributed by atoms with E-state index < -0.39 is 0 Å². The Balaban J connectivity index is 2.05. The van der Waals surface area contributed by atoms with Crippen LogP contribution in [0.25, 0.3) is 27.5 Å². The molecule has 0 aliphatic heterocycles. The Hall–Kier alpha value is -2.74. The van der Waals surface area contributed by atoms with Crippen LogP contribution in [-0.2, 0) is 10.8 Å². The van der Waals surface area contributed by atoms with E-state index >= 15 is 0 Å². The lowest BCUT2D eigenvalue weighted by Crippen LogP contribution is -2.10. The van der Waals surface area contributed by atoms with Gasteiger partial charge in [-0.1, -0.05) is 53.7 Å². The lowest BCUT2D eigenvalue weighted by molar-refractivity contribution is 0.590. The van der Waals surface area contributed by atoms with Gasteiger partial charge in [-0.15, -0.1) is 0 Å². The van der Waals surface area contributed by atoms with Gasteiger partial charge < -0.3 is 9.47 Å². The molecule has 0 bridgehead atoms. The number of aromatic nitrogens is 1. The van der Waals surface area contributed by atoms with Crippen LogP contribution < -0.4 is 4.90 Å². The zero-order chi connectivity index (χ0) is 21.8. The molecule has 0 aliphatic carbocycles. The second-order valence-corrected chi connectivity index (χ2v) is 10.7. The SMILES string of the molecule is CN(C)c1ccc(-n2c3ccc(C(C)(C)C)cc3c3cc(C(C)(C)C)ccc32)cc1. The van der Waals surface area contributed by atoms with Crippen molar-refractivity contribution in [2.75, 3.05) is 19.0 Å². The van der Waals surface area contributed by atoms with Gasteiger partial charge in [0, 0.05) is 36.2 Å². The summed E-state index contributed by atoms with van der Waals surface area (Å²) in [6.07, 6.45) is 0. The van der Waals surface area contributed by atoms with Gasteiger partial charge in [-0.05, 0) is 70.5 Å². The van der Waals surface area contributed by atoms with Crippen molar-refractivity contribution in [1.29, 1.82) is 0 Å². The van der Waals surface area contributed by atoms with Crippen molar-refractivity contribution in [2.24, 2.45) is 0 Å². The van der Waals surface area contributed by atoms with Crippen LogP contribution in [0.5, 0.6) is 0 Å². The molecule has 4 rings (SSSR count). The van der Waals surface area contributed by atoms with Gasteiger partial charge in [-0.25, -0.2) is 0 Å². The summed E-state index contributed by atoms with van der Waals surface area (Å²) in [6.45, 7) is 13.7. The summed E-state index contributed by atoms with van der Waals surface area (Å²) in [4.78, 5) is 2.14. The number of nitrogens with zero attached hydrogens (tertiary/aromatic N) is 2. The highest BCUT2D eigenvalue weighted by Crippen LogP contribution is 2.37. The van der Waals surface area contributed by atoms with E-state index in [2.05, 4.69) is 126 Å². The van der Waals surface area contributed by atoms with Crippen LogP contribution in [0.1, 0.15) is 52.7 Å². The van der Waals surface area contributed by atoms with Crippen molar-refractivity contribution in [2.45, 2.75) is 52.4 Å². The molecule has 0 N–H and O–H groups in total. The standard InChI is InChI=1S/C28H34N2/c1-27(2,3)19-9-15-25-23(17-19)24-18-20(28(4,5)6)10-16-26(24)30(25)22-13-11-21(12-14-22)29(7)8/h9-18H,1-8H3. The first-order valence-electron chi connectivity index (χ1n) is 10.8. The molecular weight excluding hydrogens is 364 g/mol. The summed E-state index contributed by atoms with van der Waals surface area (Å²) in [5, 5.41) is 2.67. The Labute approximate surface area is 181 Å². The number of anilines is 1. The topological polar surface area (TPSA) is 8.17 Å². The highest BCUT2D eigenvalue weighted by molar-refractivity contribution is 6.09. The molecule has 0 radical (unpaired) electrons. The largest absolute Gasteiger partial charge is 0.378 e. The second kappa shape index (κ2) is 6.91. The Morgan fingerprint density at radius 2 is 1.03 bits per heavy atom. The number of hydrogen-bond acceptors (Lipinski definition) is 1. The fourth-order valence-corrected chi connectivity index (χ4v) is 4.13. The zero-order valence-electron chi connectivity index (χ0n) is 19.7. The summed E-state index contributed by atoms with van der Waals surface area (Å²) in [7, 11) is 4.16. The molecule has 4 aromatic rings. The first-order valence-corrected chi connectivity index (χ1v) is 10.8. The predicted octanol–water partition coefficient (Wildman–Crippen LogP) is 7.44. The maximum atomic E-state index is 2.41. The van der Waals surface area contributed by atoms with Gasteiger partial charge in [0.1, 0.15) is 0 Å². The third-order valence-electron chi connectivity index (χ3n) is 6.12. The highest BCUT2D eigenvalue weighted by Gasteiger charge is 2.20. The smallest absolute Gasteiger partial charge is 0.0541 e. The molecule has 1 heterocycles. The van der Waals surface area contributed by atoms with E-state index in [0.717, 1.165) is 0 Å². The minimum absolute atomic E-state index is 0.123. The van der Waals surface area contributed by atoms with Crippen molar-refractivity contribution < 1.29 is 0 Å². The van der Waals surface area contributed by atoms with Gasteiger partial charge in [0.05, 0.1) is 11.0 Å². The van der Waals surface area contributed by atoms with Gasteiger partial charge in [0.2, 0.25) is 0 Å². The molecule has 0 aliphatic rings. The first-order chi connectivity index (χ1) is 14.0. The number of benzene rings is 3. The zero-order valence-corrected chi connectivity index (χ0v) is 19.7. The first kappa shape index (κ1) is 20.5. The van der Waals surface area contributed by atoms with Crippen LogP contribution in [0.15, 0.2) is 60.7 Å². The van der Waals surface area contributed by atoms with Crippen LogP contribution in [-0.4, -0.2) is 18.7 Å². The Kier molecular flexibility index (Phi) is 4.73. The molecule has 0 spiro atoms. The molecular formula is C28H34N2. The summed E-state index contributed by atoms with van der Waals surface area (Å²) in [5.74, 6) is 0. The van der Waals surface area contributed by atoms with Crippen LogP contribution >= 0.6 is 0 Å². The van der Waals surface area contributed by atoms with Crippen LogP contribution in [0.3, 0.4) is 0 Å². The van der Waals surface area contributed by atoms with E-state index in [4.69, 9.17) is 0 Å². The van der Waals surface area contributed by atoms with E-state index in [9.17, 15) is 0 Å². The highest BCUT2D eigenvalue weighted by atomic mass is 15.1. The third-order valence-corrected chi connectivity index (χ3v) is 6.12. The monoisotopic (exact) mass is 398 g/mol. The van der Waals surface area contributed by atoms with Crippen LogP contribution in [0.2, 0.25) is 0 Å². The molecule has 0 unspecified atom stereocenters. The fraction of sp³-hybridized carbons (Fsp3) is 0.357. The maximum Gasteiger partial charge on any atom is 0.0541 e. The molecule has 2 heteroatoms. The minimum Gasteiger partial charge on any atom is -0.378 e. The quantitative estimate of drug-likeness (QED) is 0.340. The fourth-order valence-electron chi connectivity index (χ4n) is 4.13. The molecule has 156 valence electrons. The summed E-state index contributed by atoms with van der Waals surface area (Å²) in [5.41, 5.74) is 7.94. The lowest BCUT2D eigenvalue weighted by Gasteiger charge is -2.19. The molecule has 0 saturated heterocycles. The van der Waals surface area contributed by atoms with E-state index in [1.807, 2.05) is 0 Å². The maximum absolute atomic E-state index is 2.41. The normalized spacial score (nSPS) is 12.7. The molecule has 1 aromatic heterocycles. The van der Waals surface area contributed by atoms with Gasteiger partial charge in [0.25, 0.3) is 0 Å². The molecule has 0 amide bonds. The van der Waals surface area contributed by atoms with E-state index in [1.165, 1.54) is 44.3 Å². The van der Waals surface area contributed by atoms with Gasteiger partial charge in [-0.3, -0.25) is 0 Å². The molecule has 0 atom stereocenters. The lowest BCUT2D eigenvalue weighted by atomic mass is 9.85. The molecule has 0 fully saturated rings. The van der Waals surface area contributed by atoms with Gasteiger partial charge in [-0.2, -0.15) is 0 Å². The number of rotatable bonds is 2. The minimum atomic E-state index is 0.123. The van der Waals surface area contributed by atoms with Gasteiger partial charge >= 0.3 is 0 Å². The third kappa shape index (κ3) is 3.49. The molecule has 0 saturated carbocycles. The number of fused-ring (bicyclic) bond motifs is 3. The Bertz CT molecular complexity index is 1140. The van der Waals surface area contributed by atoms with Crippen LogP contribution in [0, 0.1) is 0 Å². The van der Waals surface area contributed by atoms with Crippen LogP contribution in [0.4, 0.5) is 5.69 Å². The van der Waals surface area contributed by atoms with Crippen molar-refractivity contribution >= 4 is 27.5 Å². The van der Waals surface area contributed by atoms with Crippen molar-refractivity contribution in [3.8, 4) is 5.69 Å². The van der Waals surface area contributed by atoms with Crippen molar-refractivity contribution in [1.82, 2.24) is 4.57 Å². The average molecular weight is 399 g/mol. The van der Waals surface area contributed by atoms with E-state index in [0.29, 0.717) is 0 Å². The average Bonchev–Trinajstić information content (AvgIpc) is 2.99. The summed E-state index contributed by atoms with van der Waals surface area (Å²) >= 11 is 0. The Morgan fingerprint density at radius 3 is 1.40 bits per heavy atom. The molecule has 3 aromatic carbocycles. The number of hydrogen-bond donors (Lipinski definition) is 0. The molecule has 2 nitrogen and oxygen atoms in total. The molecule has 30 heavy (non-hydrogen) atoms. The predicted molar refractivity (Wildman–Crippen MR) is 133 cm³/mol. The van der Waals surface area contributed by atoms with Crippen molar-refractivity contribution in [3.63, 3.8) is 0 Å². The van der Waals surface area contributed by atoms with E-state index in [-0.39, 0.29) is 10.8 Å². The Morgan fingerprint density at radius 1 is 0.600 bits per heavy atom. The second-order valence-electron chi connectivity index (χ2n) is 10.7. The summed E-state index contributed by atoms with van der Waals surface area (Å²) in [6, 6.07) is 22.8. The summed E-state index contributed by atoms with van der Waals surface area (Å²) < 4.78 is 2.41.